The predicted octanol–water partition coefficient (Wildman–Crippen LogP) is 3.14. The average molecular weight is 302 g/mol. The molecule has 1 N–H and O–H groups in total. The molecule has 1 aliphatic rings. The highest BCUT2D eigenvalue weighted by molar-refractivity contribution is 5.99. The number of amides is 2. The maximum Gasteiger partial charge on any atom is 0.228 e. The first kappa shape index (κ1) is 16.5. The topological polar surface area (TPSA) is 49.4 Å². The summed E-state index contributed by atoms with van der Waals surface area (Å²) in [5.41, 5.74) is 3.07. The highest BCUT2D eigenvalue weighted by Gasteiger charge is 2.49. The van der Waals surface area contributed by atoms with Crippen LogP contribution >= 0.6 is 0 Å². The van der Waals surface area contributed by atoms with Gasteiger partial charge >= 0.3 is 0 Å². The van der Waals surface area contributed by atoms with Crippen LogP contribution in [0.15, 0.2) is 18.2 Å². The monoisotopic (exact) mass is 302 g/mol. The molecular weight excluding hydrogens is 276 g/mol. The Morgan fingerprint density at radius 1 is 1.27 bits per heavy atom. The number of anilines is 1. The van der Waals surface area contributed by atoms with Gasteiger partial charge < -0.3 is 10.2 Å². The Kier molecular flexibility index (Phi) is 5.22. The van der Waals surface area contributed by atoms with E-state index in [1.54, 1.807) is 4.90 Å². The lowest BCUT2D eigenvalue weighted by molar-refractivity contribution is -0.132. The third-order valence-corrected chi connectivity index (χ3v) is 4.31. The van der Waals surface area contributed by atoms with Crippen LogP contribution in [0.2, 0.25) is 0 Å². The van der Waals surface area contributed by atoms with Crippen LogP contribution in [0.3, 0.4) is 0 Å². The molecule has 1 fully saturated rings. The number of rotatable bonds is 6. The van der Waals surface area contributed by atoms with Crippen molar-refractivity contribution in [1.29, 1.82) is 0 Å². The molecule has 0 radical (unpaired) electrons. The third kappa shape index (κ3) is 3.87. The van der Waals surface area contributed by atoms with Gasteiger partial charge in [0.15, 0.2) is 0 Å². The predicted molar refractivity (Wildman–Crippen MR) is 88.7 cm³/mol. The van der Waals surface area contributed by atoms with Crippen LogP contribution < -0.4 is 5.32 Å². The normalized spacial score (nSPS) is 19.6. The van der Waals surface area contributed by atoms with Crippen molar-refractivity contribution in [1.82, 2.24) is 4.90 Å². The van der Waals surface area contributed by atoms with Crippen molar-refractivity contribution < 1.29 is 9.59 Å². The molecule has 22 heavy (non-hydrogen) atoms. The lowest BCUT2D eigenvalue weighted by Crippen LogP contribution is -2.30. The Labute approximate surface area is 132 Å². The van der Waals surface area contributed by atoms with Gasteiger partial charge in [-0.15, -0.1) is 0 Å². The minimum atomic E-state index is -0.169. The lowest BCUT2D eigenvalue weighted by Gasteiger charge is -2.16. The quantitative estimate of drug-likeness (QED) is 0.877. The summed E-state index contributed by atoms with van der Waals surface area (Å²) in [7, 11) is 1.83. The first-order valence-electron chi connectivity index (χ1n) is 8.07. The van der Waals surface area contributed by atoms with Gasteiger partial charge in [-0.05, 0) is 38.3 Å². The van der Waals surface area contributed by atoms with Crippen molar-refractivity contribution in [3.05, 3.63) is 29.3 Å². The zero-order chi connectivity index (χ0) is 16.3. The SMILES string of the molecule is CCCCN(C)C(=O)C1CC1C(=O)Nc1ccc(C)cc1C. The number of nitrogens with one attached hydrogen (secondary N) is 1. The zero-order valence-corrected chi connectivity index (χ0v) is 14.0. The molecule has 1 aromatic carbocycles. The van der Waals surface area contributed by atoms with E-state index in [4.69, 9.17) is 0 Å². The second-order valence-corrected chi connectivity index (χ2v) is 6.37. The molecule has 2 amide bonds. The number of nitrogens with zero attached hydrogens (tertiary/aromatic N) is 1. The maximum atomic E-state index is 12.3. The Morgan fingerprint density at radius 2 is 2.00 bits per heavy atom. The summed E-state index contributed by atoms with van der Waals surface area (Å²) in [5, 5.41) is 2.96. The Hall–Kier alpha value is -1.84. The van der Waals surface area contributed by atoms with Crippen LogP contribution in [-0.4, -0.2) is 30.3 Å². The van der Waals surface area contributed by atoms with Gasteiger partial charge in [-0.25, -0.2) is 0 Å². The summed E-state index contributed by atoms with van der Waals surface area (Å²) in [6.45, 7) is 6.89. The number of unbranched alkanes of at least 4 members (excludes halogenated alkanes) is 1. The molecule has 4 heteroatoms. The van der Waals surface area contributed by atoms with E-state index >= 15 is 0 Å². The molecule has 0 saturated heterocycles. The van der Waals surface area contributed by atoms with Crippen molar-refractivity contribution >= 4 is 17.5 Å². The molecule has 2 rings (SSSR count). The van der Waals surface area contributed by atoms with Crippen molar-refractivity contribution in [3.8, 4) is 0 Å². The lowest BCUT2D eigenvalue weighted by atomic mass is 10.1. The number of carbonyl (C=O) groups is 2. The van der Waals surface area contributed by atoms with E-state index in [1.807, 2.05) is 39.1 Å². The van der Waals surface area contributed by atoms with Crippen molar-refractivity contribution in [2.75, 3.05) is 18.9 Å². The molecule has 1 aliphatic carbocycles. The highest BCUT2D eigenvalue weighted by Crippen LogP contribution is 2.40. The Morgan fingerprint density at radius 3 is 2.64 bits per heavy atom. The number of hydrogen-bond acceptors (Lipinski definition) is 2. The van der Waals surface area contributed by atoms with Crippen molar-refractivity contribution in [2.24, 2.45) is 11.8 Å². The van der Waals surface area contributed by atoms with Crippen LogP contribution in [0.1, 0.15) is 37.3 Å². The van der Waals surface area contributed by atoms with E-state index in [1.165, 1.54) is 5.56 Å². The molecule has 2 unspecified atom stereocenters. The van der Waals surface area contributed by atoms with Gasteiger partial charge in [0.1, 0.15) is 0 Å². The average Bonchev–Trinajstić information content (AvgIpc) is 3.27. The minimum absolute atomic E-state index is 0.0332. The van der Waals surface area contributed by atoms with Gasteiger partial charge in [0.25, 0.3) is 0 Å². The molecule has 0 heterocycles. The van der Waals surface area contributed by atoms with Crippen LogP contribution in [0.4, 0.5) is 5.69 Å². The summed E-state index contributed by atoms with van der Waals surface area (Å²) >= 11 is 0. The molecule has 0 aromatic heterocycles. The number of benzene rings is 1. The second kappa shape index (κ2) is 6.95. The standard InChI is InChI=1S/C18H26N2O2/c1-5-6-9-20(4)18(22)15-11-14(15)17(21)19-16-8-7-12(2)10-13(16)3/h7-8,10,14-15H,5-6,9,11H2,1-4H3,(H,19,21). The van der Waals surface area contributed by atoms with Crippen molar-refractivity contribution in [3.63, 3.8) is 0 Å². The fraction of sp³-hybridized carbons (Fsp3) is 0.556. The van der Waals surface area contributed by atoms with Crippen LogP contribution in [0, 0.1) is 25.7 Å². The highest BCUT2D eigenvalue weighted by atomic mass is 16.2. The zero-order valence-electron chi connectivity index (χ0n) is 14.0. The third-order valence-electron chi connectivity index (χ3n) is 4.31. The fourth-order valence-electron chi connectivity index (χ4n) is 2.73. The van der Waals surface area contributed by atoms with Gasteiger partial charge in [-0.3, -0.25) is 9.59 Å². The summed E-state index contributed by atoms with van der Waals surface area (Å²) in [6, 6.07) is 5.95. The van der Waals surface area contributed by atoms with Gasteiger partial charge in [-0.2, -0.15) is 0 Å². The maximum absolute atomic E-state index is 12.3. The van der Waals surface area contributed by atoms with Crippen LogP contribution in [0.25, 0.3) is 0 Å². The smallest absolute Gasteiger partial charge is 0.228 e. The molecule has 0 spiro atoms. The molecule has 4 nitrogen and oxygen atoms in total. The molecule has 1 aromatic rings. The first-order chi connectivity index (χ1) is 10.4. The van der Waals surface area contributed by atoms with Gasteiger partial charge in [-0.1, -0.05) is 31.0 Å². The Balaban J connectivity index is 1.89. The number of carbonyl (C=O) groups excluding carboxylic acids is 2. The Bertz CT molecular complexity index is 568. The summed E-state index contributed by atoms with van der Waals surface area (Å²) < 4.78 is 0. The molecular formula is C18H26N2O2. The van der Waals surface area contributed by atoms with E-state index in [9.17, 15) is 9.59 Å². The van der Waals surface area contributed by atoms with Gasteiger partial charge in [0, 0.05) is 19.3 Å². The van der Waals surface area contributed by atoms with Crippen molar-refractivity contribution in [2.45, 2.75) is 40.0 Å². The number of aryl methyl sites for hydroxylation is 2. The second-order valence-electron chi connectivity index (χ2n) is 6.37. The largest absolute Gasteiger partial charge is 0.346 e. The number of hydrogen-bond donors (Lipinski definition) is 1. The van der Waals surface area contributed by atoms with E-state index in [2.05, 4.69) is 12.2 Å². The van der Waals surface area contributed by atoms with E-state index in [0.29, 0.717) is 6.42 Å². The van der Waals surface area contributed by atoms with E-state index < -0.39 is 0 Å². The molecule has 2 atom stereocenters. The van der Waals surface area contributed by atoms with E-state index in [-0.39, 0.29) is 23.7 Å². The minimum Gasteiger partial charge on any atom is -0.346 e. The first-order valence-corrected chi connectivity index (χ1v) is 8.07. The molecule has 0 bridgehead atoms. The summed E-state index contributed by atoms with van der Waals surface area (Å²) in [5.74, 6) is -0.228. The van der Waals surface area contributed by atoms with Gasteiger partial charge in [0.05, 0.1) is 11.8 Å². The summed E-state index contributed by atoms with van der Waals surface area (Å²) in [4.78, 5) is 26.3. The molecule has 120 valence electrons. The van der Waals surface area contributed by atoms with Gasteiger partial charge in [0.2, 0.25) is 11.8 Å². The molecule has 1 saturated carbocycles. The van der Waals surface area contributed by atoms with E-state index in [0.717, 1.165) is 30.6 Å². The summed E-state index contributed by atoms with van der Waals surface area (Å²) in [6.07, 6.45) is 2.75. The molecule has 0 aliphatic heterocycles. The fourth-order valence-corrected chi connectivity index (χ4v) is 2.73. The van der Waals surface area contributed by atoms with Crippen LogP contribution in [0.5, 0.6) is 0 Å². The van der Waals surface area contributed by atoms with Crippen LogP contribution in [-0.2, 0) is 9.59 Å².